The Hall–Kier alpha value is -2.64. The van der Waals surface area contributed by atoms with Gasteiger partial charge in [0, 0.05) is 29.2 Å². The molecule has 6 rings (SSSR count). The molecule has 3 saturated heterocycles. The van der Waals surface area contributed by atoms with Crippen LogP contribution in [0.5, 0.6) is 5.75 Å². The summed E-state index contributed by atoms with van der Waals surface area (Å²) in [7, 11) is 2.17. The number of aromatic nitrogens is 1. The van der Waals surface area contributed by atoms with Crippen molar-refractivity contribution in [2.75, 3.05) is 13.6 Å². The van der Waals surface area contributed by atoms with Crippen molar-refractivity contribution in [2.45, 2.75) is 88.4 Å². The van der Waals surface area contributed by atoms with E-state index in [1.54, 1.807) is 6.07 Å². The summed E-state index contributed by atoms with van der Waals surface area (Å²) in [5, 5.41) is 20.5. The largest absolute Gasteiger partial charge is 0.508 e. The zero-order valence-electron chi connectivity index (χ0n) is 21.5. The summed E-state index contributed by atoms with van der Waals surface area (Å²) in [5.74, 6) is 0.379. The molecule has 0 unspecified atom stereocenters. The van der Waals surface area contributed by atoms with Gasteiger partial charge in [0.2, 0.25) is 0 Å². The van der Waals surface area contributed by atoms with Crippen LogP contribution in [0.25, 0.3) is 0 Å². The number of hydrogen-bond donors (Lipinski definition) is 3. The van der Waals surface area contributed by atoms with Crippen molar-refractivity contribution in [1.29, 1.82) is 0 Å². The quantitative estimate of drug-likeness (QED) is 0.600. The van der Waals surface area contributed by atoms with Crippen LogP contribution in [0.1, 0.15) is 71.8 Å². The normalized spacial score (nSPS) is 33.8. The van der Waals surface area contributed by atoms with Crippen LogP contribution in [0.3, 0.4) is 0 Å². The molecule has 3 N–H and O–H groups in total. The monoisotopic (exact) mass is 491 g/mol. The number of pyridine rings is 1. The standard InChI is InChI=1S/C29H37N3O4/c1-16-4-7-21(33)14-24(16)29-8-9-31(3)17(2)25(29)11-18-10-23(27(35)30-26(18)15-29)28(36)32-19-5-6-20(32)13-22(34)12-19/h4,7,10,14,17,19-20,22,25,33-34H,5-6,8-9,11-13,15H2,1-3H3,(H,30,35)/t17-,19-,20+,22+,25+,29-/m1/s1. The first-order valence-electron chi connectivity index (χ1n) is 13.4. The van der Waals surface area contributed by atoms with Gasteiger partial charge in [-0.05, 0) is 113 Å². The molecule has 6 atom stereocenters. The van der Waals surface area contributed by atoms with Gasteiger partial charge in [-0.2, -0.15) is 0 Å². The number of aryl methyl sites for hydroxylation is 1. The molecule has 1 amide bonds. The van der Waals surface area contributed by atoms with E-state index >= 15 is 0 Å². The Morgan fingerprint density at radius 3 is 2.61 bits per heavy atom. The average Bonchev–Trinajstić information content (AvgIpc) is 3.12. The second kappa shape index (κ2) is 8.45. The molecule has 3 fully saturated rings. The Bertz CT molecular complexity index is 1260. The fourth-order valence-corrected chi connectivity index (χ4v) is 7.98. The lowest BCUT2D eigenvalue weighted by Gasteiger charge is -2.54. The van der Waals surface area contributed by atoms with Crippen molar-refractivity contribution in [3.8, 4) is 5.75 Å². The summed E-state index contributed by atoms with van der Waals surface area (Å²) in [6, 6.07) is 7.88. The lowest BCUT2D eigenvalue weighted by Crippen LogP contribution is -2.57. The van der Waals surface area contributed by atoms with Crippen LogP contribution in [-0.2, 0) is 18.3 Å². The summed E-state index contributed by atoms with van der Waals surface area (Å²) >= 11 is 0. The highest BCUT2D eigenvalue weighted by atomic mass is 16.3. The molecule has 2 aromatic rings. The molecule has 1 aromatic heterocycles. The van der Waals surface area contributed by atoms with E-state index in [-0.39, 0.29) is 46.4 Å². The number of nitrogens with zero attached hydrogens (tertiary/aromatic N) is 2. The van der Waals surface area contributed by atoms with Gasteiger partial charge in [-0.3, -0.25) is 9.59 Å². The van der Waals surface area contributed by atoms with E-state index in [1.165, 1.54) is 5.56 Å². The van der Waals surface area contributed by atoms with Gasteiger partial charge in [-0.15, -0.1) is 0 Å². The highest BCUT2D eigenvalue weighted by Gasteiger charge is 2.51. The zero-order valence-corrected chi connectivity index (χ0v) is 21.5. The number of fused-ring (bicyclic) bond motifs is 4. The van der Waals surface area contributed by atoms with E-state index in [9.17, 15) is 19.8 Å². The van der Waals surface area contributed by atoms with E-state index in [4.69, 9.17) is 0 Å². The van der Waals surface area contributed by atoms with Gasteiger partial charge in [0.1, 0.15) is 11.3 Å². The van der Waals surface area contributed by atoms with E-state index in [0.717, 1.165) is 49.0 Å². The molecule has 0 radical (unpaired) electrons. The maximum absolute atomic E-state index is 13.6. The van der Waals surface area contributed by atoms with Gasteiger partial charge >= 0.3 is 0 Å². The number of phenols is 1. The number of carbonyl (C=O) groups is 1. The lowest BCUT2D eigenvalue weighted by molar-refractivity contribution is 0.0284. The van der Waals surface area contributed by atoms with Crippen LogP contribution in [0.15, 0.2) is 29.1 Å². The van der Waals surface area contributed by atoms with Crippen molar-refractivity contribution < 1.29 is 15.0 Å². The minimum atomic E-state index is -0.354. The van der Waals surface area contributed by atoms with Crippen molar-refractivity contribution in [1.82, 2.24) is 14.8 Å². The minimum Gasteiger partial charge on any atom is -0.508 e. The summed E-state index contributed by atoms with van der Waals surface area (Å²) in [4.78, 5) is 34.4. The van der Waals surface area contributed by atoms with Crippen molar-refractivity contribution in [2.24, 2.45) is 5.92 Å². The molecular weight excluding hydrogens is 454 g/mol. The lowest BCUT2D eigenvalue weighted by atomic mass is 9.56. The number of aliphatic hydroxyl groups is 1. The number of aromatic hydroxyl groups is 1. The molecular formula is C29H37N3O4. The van der Waals surface area contributed by atoms with Gasteiger partial charge < -0.3 is 25.0 Å². The van der Waals surface area contributed by atoms with Crippen LogP contribution in [-0.4, -0.2) is 68.7 Å². The van der Waals surface area contributed by atoms with Crippen LogP contribution in [0.4, 0.5) is 0 Å². The molecule has 2 bridgehead atoms. The van der Waals surface area contributed by atoms with E-state index in [2.05, 4.69) is 30.8 Å². The Morgan fingerprint density at radius 1 is 1.17 bits per heavy atom. The number of phenolic OH excluding ortho intramolecular Hbond substituents is 1. The van der Waals surface area contributed by atoms with E-state index in [1.807, 2.05) is 23.1 Å². The van der Waals surface area contributed by atoms with Crippen molar-refractivity contribution in [3.63, 3.8) is 0 Å². The Balaban J connectivity index is 1.41. The number of benzene rings is 1. The maximum atomic E-state index is 13.6. The molecule has 0 spiro atoms. The summed E-state index contributed by atoms with van der Waals surface area (Å²) in [6.45, 7) is 5.33. The SMILES string of the molecule is Cc1ccc(O)cc1[C@]12CCN(C)[C@H](C)[C@@H]1Cc1cc(C(=O)N3[C@@H]4CC[C@H]3C[C@@H](O)C4)c(=O)[nH]c1C2. The summed E-state index contributed by atoms with van der Waals surface area (Å²) in [6.07, 6.45) is 5.06. The minimum absolute atomic E-state index is 0.0232. The first kappa shape index (κ1) is 23.7. The van der Waals surface area contributed by atoms with Gasteiger partial charge in [-0.25, -0.2) is 0 Å². The molecule has 4 aliphatic rings. The number of aromatic amines is 1. The molecule has 7 nitrogen and oxygen atoms in total. The second-order valence-electron chi connectivity index (χ2n) is 11.9. The fourth-order valence-electron chi connectivity index (χ4n) is 7.98. The number of piperidine rings is 2. The average molecular weight is 492 g/mol. The number of H-pyrrole nitrogens is 1. The molecule has 4 heterocycles. The number of aliphatic hydroxyl groups excluding tert-OH is 1. The third-order valence-electron chi connectivity index (χ3n) is 9.98. The molecule has 3 aliphatic heterocycles. The third kappa shape index (κ3) is 3.54. The first-order chi connectivity index (χ1) is 17.2. The van der Waals surface area contributed by atoms with Crippen molar-refractivity contribution in [3.05, 3.63) is 62.6 Å². The number of carbonyl (C=O) groups excluding carboxylic acids is 1. The van der Waals surface area contributed by atoms with E-state index in [0.29, 0.717) is 31.2 Å². The zero-order chi connectivity index (χ0) is 25.4. The van der Waals surface area contributed by atoms with E-state index < -0.39 is 0 Å². The molecule has 0 saturated carbocycles. The first-order valence-corrected chi connectivity index (χ1v) is 13.4. The Morgan fingerprint density at radius 2 is 1.89 bits per heavy atom. The predicted molar refractivity (Wildman–Crippen MR) is 137 cm³/mol. The van der Waals surface area contributed by atoms with Crippen LogP contribution in [0.2, 0.25) is 0 Å². The molecule has 36 heavy (non-hydrogen) atoms. The summed E-state index contributed by atoms with van der Waals surface area (Å²) < 4.78 is 0. The number of nitrogens with one attached hydrogen (secondary N) is 1. The predicted octanol–water partition coefficient (Wildman–Crippen LogP) is 2.89. The molecule has 1 aliphatic carbocycles. The third-order valence-corrected chi connectivity index (χ3v) is 9.98. The van der Waals surface area contributed by atoms with Gasteiger partial charge in [0.05, 0.1) is 6.10 Å². The van der Waals surface area contributed by atoms with Gasteiger partial charge in [0.25, 0.3) is 11.5 Å². The summed E-state index contributed by atoms with van der Waals surface area (Å²) in [5.41, 5.74) is 4.05. The number of amides is 1. The highest BCUT2D eigenvalue weighted by Crippen LogP contribution is 2.51. The fraction of sp³-hybridized carbons (Fsp3) is 0.586. The van der Waals surface area contributed by atoms with Crippen LogP contribution in [0, 0.1) is 12.8 Å². The van der Waals surface area contributed by atoms with Gasteiger partial charge in [-0.1, -0.05) is 6.07 Å². The molecule has 1 aromatic carbocycles. The topological polar surface area (TPSA) is 96.9 Å². The molecule has 192 valence electrons. The number of rotatable bonds is 2. The number of likely N-dealkylation sites (tertiary alicyclic amines) is 1. The highest BCUT2D eigenvalue weighted by molar-refractivity contribution is 5.95. The second-order valence-corrected chi connectivity index (χ2v) is 11.9. The van der Waals surface area contributed by atoms with Crippen LogP contribution < -0.4 is 5.56 Å². The maximum Gasteiger partial charge on any atom is 0.261 e. The Kier molecular flexibility index (Phi) is 5.57. The van der Waals surface area contributed by atoms with Crippen molar-refractivity contribution >= 4 is 5.91 Å². The Labute approximate surface area is 212 Å². The molecule has 7 heteroatoms. The smallest absolute Gasteiger partial charge is 0.261 e. The number of hydrogen-bond acceptors (Lipinski definition) is 5. The van der Waals surface area contributed by atoms with Gasteiger partial charge in [0.15, 0.2) is 0 Å². The van der Waals surface area contributed by atoms with Crippen LogP contribution >= 0.6 is 0 Å².